The highest BCUT2D eigenvalue weighted by Crippen LogP contribution is 2.00. The molecule has 2 heteroatoms. The van der Waals surface area contributed by atoms with Gasteiger partial charge < -0.3 is 4.84 Å². The van der Waals surface area contributed by atoms with Crippen molar-refractivity contribution in [3.8, 4) is 0 Å². The molecular weight excluding hydrogens is 114 g/mol. The minimum atomic E-state index is 0.670. The van der Waals surface area contributed by atoms with Gasteiger partial charge in [-0.1, -0.05) is 19.0 Å². The first-order chi connectivity index (χ1) is 4.16. The first-order valence-electron chi connectivity index (χ1n) is 3.23. The van der Waals surface area contributed by atoms with E-state index >= 15 is 0 Å². The molecule has 0 heterocycles. The van der Waals surface area contributed by atoms with Crippen LogP contribution in [-0.4, -0.2) is 12.8 Å². The van der Waals surface area contributed by atoms with Crippen molar-refractivity contribution in [2.75, 3.05) is 7.11 Å². The summed E-state index contributed by atoms with van der Waals surface area (Å²) in [7, 11) is 1.57. The second-order valence-corrected chi connectivity index (χ2v) is 2.61. The monoisotopic (exact) mass is 129 g/mol. The maximum absolute atomic E-state index is 4.59. The molecule has 0 amide bonds. The molecule has 0 aromatic heterocycles. The molecule has 0 aromatic rings. The van der Waals surface area contributed by atoms with Crippen LogP contribution in [0.25, 0.3) is 0 Å². The van der Waals surface area contributed by atoms with Crippen LogP contribution in [0.2, 0.25) is 0 Å². The number of oxime groups is 1. The van der Waals surface area contributed by atoms with Gasteiger partial charge in [0, 0.05) is 0 Å². The number of hydrogen-bond donors (Lipinski definition) is 0. The van der Waals surface area contributed by atoms with Gasteiger partial charge in [0.1, 0.15) is 7.11 Å². The molecule has 0 spiro atoms. The Morgan fingerprint density at radius 3 is 2.44 bits per heavy atom. The molecule has 0 radical (unpaired) electrons. The predicted octanol–water partition coefficient (Wildman–Crippen LogP) is 2.05. The number of nitrogens with zero attached hydrogens (tertiary/aromatic N) is 1. The molecule has 0 saturated carbocycles. The summed E-state index contributed by atoms with van der Waals surface area (Å²) in [5.74, 6) is 0.670. The molecule has 2 nitrogen and oxygen atoms in total. The third kappa shape index (κ3) is 5.34. The van der Waals surface area contributed by atoms with Crippen molar-refractivity contribution in [3.05, 3.63) is 0 Å². The lowest BCUT2D eigenvalue weighted by Gasteiger charge is -2.01. The van der Waals surface area contributed by atoms with Gasteiger partial charge in [-0.2, -0.15) is 0 Å². The van der Waals surface area contributed by atoms with Gasteiger partial charge in [-0.25, -0.2) is 0 Å². The maximum Gasteiger partial charge on any atom is 0.106 e. The molecular formula is C7H15NO. The standard InChI is InChI=1S/C7H15NO/c1-6(2)5-7(3)8-9-4/h6H,5H2,1-4H3/b8-7+. The van der Waals surface area contributed by atoms with E-state index in [1.165, 1.54) is 0 Å². The Morgan fingerprint density at radius 2 is 2.11 bits per heavy atom. The average Bonchev–Trinajstić information content (AvgIpc) is 1.63. The smallest absolute Gasteiger partial charge is 0.106 e. The van der Waals surface area contributed by atoms with Gasteiger partial charge in [-0.15, -0.1) is 0 Å². The third-order valence-corrected chi connectivity index (χ3v) is 0.951. The lowest BCUT2D eigenvalue weighted by atomic mass is 10.1. The Balaban J connectivity index is 3.49. The predicted molar refractivity (Wildman–Crippen MR) is 39.6 cm³/mol. The Labute approximate surface area is 56.9 Å². The van der Waals surface area contributed by atoms with E-state index in [-0.39, 0.29) is 0 Å². The molecule has 0 bridgehead atoms. The van der Waals surface area contributed by atoms with E-state index in [4.69, 9.17) is 0 Å². The van der Waals surface area contributed by atoms with Gasteiger partial charge in [-0.05, 0) is 19.3 Å². The molecule has 54 valence electrons. The van der Waals surface area contributed by atoms with Crippen molar-refractivity contribution < 1.29 is 4.84 Å². The highest BCUT2D eigenvalue weighted by atomic mass is 16.6. The van der Waals surface area contributed by atoms with Gasteiger partial charge in [0.05, 0.1) is 5.71 Å². The largest absolute Gasteiger partial charge is 0.399 e. The summed E-state index contributed by atoms with van der Waals surface area (Å²) >= 11 is 0. The van der Waals surface area contributed by atoms with E-state index in [9.17, 15) is 0 Å². The van der Waals surface area contributed by atoms with Crippen LogP contribution >= 0.6 is 0 Å². The average molecular weight is 129 g/mol. The molecule has 0 aliphatic carbocycles. The molecule has 0 N–H and O–H groups in total. The van der Waals surface area contributed by atoms with E-state index in [0.717, 1.165) is 12.1 Å². The van der Waals surface area contributed by atoms with Gasteiger partial charge >= 0.3 is 0 Å². The van der Waals surface area contributed by atoms with Crippen LogP contribution in [0.15, 0.2) is 5.16 Å². The first kappa shape index (κ1) is 8.47. The van der Waals surface area contributed by atoms with Crippen LogP contribution in [0, 0.1) is 5.92 Å². The number of hydrogen-bond acceptors (Lipinski definition) is 2. The fourth-order valence-corrected chi connectivity index (χ4v) is 0.784. The maximum atomic E-state index is 4.59. The van der Waals surface area contributed by atoms with Crippen LogP contribution in [0.3, 0.4) is 0 Å². The molecule has 0 fully saturated rings. The van der Waals surface area contributed by atoms with E-state index < -0.39 is 0 Å². The van der Waals surface area contributed by atoms with Gasteiger partial charge in [0.15, 0.2) is 0 Å². The molecule has 0 aromatic carbocycles. The summed E-state index contributed by atoms with van der Waals surface area (Å²) in [6, 6.07) is 0. The van der Waals surface area contributed by atoms with Crippen molar-refractivity contribution >= 4 is 5.71 Å². The van der Waals surface area contributed by atoms with E-state index in [1.807, 2.05) is 6.92 Å². The minimum absolute atomic E-state index is 0.670. The highest BCUT2D eigenvalue weighted by Gasteiger charge is 1.95. The zero-order valence-electron chi connectivity index (χ0n) is 6.64. The zero-order chi connectivity index (χ0) is 7.28. The Kier molecular flexibility index (Phi) is 4.10. The summed E-state index contributed by atoms with van der Waals surface area (Å²) in [5, 5.41) is 3.78. The van der Waals surface area contributed by atoms with E-state index in [2.05, 4.69) is 23.8 Å². The summed E-state index contributed by atoms with van der Waals surface area (Å²) in [6.45, 7) is 6.30. The van der Waals surface area contributed by atoms with Crippen molar-refractivity contribution in [2.24, 2.45) is 11.1 Å². The Bertz CT molecular complexity index is 97.1. The molecule has 0 rings (SSSR count). The molecule has 0 atom stereocenters. The summed E-state index contributed by atoms with van der Waals surface area (Å²) in [5.41, 5.74) is 1.06. The molecule has 0 aliphatic rings. The highest BCUT2D eigenvalue weighted by molar-refractivity contribution is 5.81. The fraction of sp³-hybridized carbons (Fsp3) is 0.857. The fourth-order valence-electron chi connectivity index (χ4n) is 0.784. The topological polar surface area (TPSA) is 21.6 Å². The van der Waals surface area contributed by atoms with E-state index in [0.29, 0.717) is 5.92 Å². The van der Waals surface area contributed by atoms with Crippen LogP contribution in [-0.2, 0) is 4.84 Å². The number of rotatable bonds is 3. The molecule has 0 unspecified atom stereocenters. The summed E-state index contributed by atoms with van der Waals surface area (Å²) in [6.07, 6.45) is 1.02. The van der Waals surface area contributed by atoms with Crippen molar-refractivity contribution in [1.82, 2.24) is 0 Å². The second kappa shape index (κ2) is 4.36. The van der Waals surface area contributed by atoms with Crippen molar-refractivity contribution in [2.45, 2.75) is 27.2 Å². The minimum Gasteiger partial charge on any atom is -0.399 e. The summed E-state index contributed by atoms with van der Waals surface area (Å²) in [4.78, 5) is 4.59. The van der Waals surface area contributed by atoms with E-state index in [1.54, 1.807) is 7.11 Å². The zero-order valence-corrected chi connectivity index (χ0v) is 6.64. The molecule has 9 heavy (non-hydrogen) atoms. The summed E-state index contributed by atoms with van der Waals surface area (Å²) < 4.78 is 0. The van der Waals surface area contributed by atoms with Gasteiger partial charge in [-0.3, -0.25) is 0 Å². The SMILES string of the molecule is CO/N=C(\C)CC(C)C. The quantitative estimate of drug-likeness (QED) is 0.422. The first-order valence-corrected chi connectivity index (χ1v) is 3.23. The van der Waals surface area contributed by atoms with Crippen molar-refractivity contribution in [1.29, 1.82) is 0 Å². The normalized spacial score (nSPS) is 12.3. The van der Waals surface area contributed by atoms with Gasteiger partial charge in [0.25, 0.3) is 0 Å². The van der Waals surface area contributed by atoms with Crippen molar-refractivity contribution in [3.63, 3.8) is 0 Å². The Morgan fingerprint density at radius 1 is 1.56 bits per heavy atom. The van der Waals surface area contributed by atoms with Crippen LogP contribution in [0.4, 0.5) is 0 Å². The lowest BCUT2D eigenvalue weighted by molar-refractivity contribution is 0.212. The van der Waals surface area contributed by atoms with Crippen LogP contribution < -0.4 is 0 Å². The van der Waals surface area contributed by atoms with Gasteiger partial charge in [0.2, 0.25) is 0 Å². The lowest BCUT2D eigenvalue weighted by Crippen LogP contribution is -1.97. The van der Waals surface area contributed by atoms with Crippen LogP contribution in [0.5, 0.6) is 0 Å². The molecule has 0 saturated heterocycles. The second-order valence-electron chi connectivity index (χ2n) is 2.61. The third-order valence-electron chi connectivity index (χ3n) is 0.951. The van der Waals surface area contributed by atoms with Crippen LogP contribution in [0.1, 0.15) is 27.2 Å². The Hall–Kier alpha value is -0.530. The molecule has 0 aliphatic heterocycles.